The van der Waals surface area contributed by atoms with Crippen molar-refractivity contribution in [3.63, 3.8) is 0 Å². The van der Waals surface area contributed by atoms with E-state index in [-0.39, 0.29) is 12.5 Å². The Morgan fingerprint density at radius 2 is 2.11 bits per heavy atom. The fourth-order valence-electron chi connectivity index (χ4n) is 3.35. The molecule has 4 rings (SSSR count). The van der Waals surface area contributed by atoms with E-state index in [1.807, 2.05) is 36.1 Å². The molecule has 0 spiro atoms. The van der Waals surface area contributed by atoms with Crippen LogP contribution < -0.4 is 0 Å². The Hall–Kier alpha value is -2.64. The Labute approximate surface area is 157 Å². The van der Waals surface area contributed by atoms with Gasteiger partial charge in [0.15, 0.2) is 0 Å². The van der Waals surface area contributed by atoms with Crippen LogP contribution in [0.3, 0.4) is 0 Å². The Kier molecular flexibility index (Phi) is 5.22. The average Bonchev–Trinajstić information content (AvgIpc) is 3.31. The number of hydrogen-bond acceptors (Lipinski definition) is 5. The number of carbonyl (C=O) groups excluding carboxylic acids is 1. The van der Waals surface area contributed by atoms with E-state index in [1.54, 1.807) is 6.26 Å². The second-order valence-corrected chi connectivity index (χ2v) is 6.93. The number of aromatic nitrogens is 2. The van der Waals surface area contributed by atoms with Crippen LogP contribution in [0, 0.1) is 6.92 Å². The zero-order chi connectivity index (χ0) is 18.6. The highest BCUT2D eigenvalue weighted by Gasteiger charge is 2.21. The summed E-state index contributed by atoms with van der Waals surface area (Å²) in [7, 11) is 0. The van der Waals surface area contributed by atoms with Gasteiger partial charge in [-0.2, -0.15) is 0 Å². The highest BCUT2D eigenvalue weighted by molar-refractivity contribution is 5.77. The molecule has 2 aromatic heterocycles. The first kappa shape index (κ1) is 17.8. The molecule has 1 saturated heterocycles. The number of amides is 1. The van der Waals surface area contributed by atoms with Crippen LogP contribution >= 0.6 is 0 Å². The lowest BCUT2D eigenvalue weighted by Crippen LogP contribution is -2.49. The minimum atomic E-state index is 0.0274. The van der Waals surface area contributed by atoms with E-state index in [2.05, 4.69) is 20.9 Å². The lowest BCUT2D eigenvalue weighted by molar-refractivity contribution is -0.138. The summed E-state index contributed by atoms with van der Waals surface area (Å²) in [6, 6.07) is 9.94. The van der Waals surface area contributed by atoms with Crippen LogP contribution in [0.4, 0.5) is 0 Å². The average molecular weight is 368 g/mol. The lowest BCUT2D eigenvalue weighted by atomic mass is 10.2. The van der Waals surface area contributed by atoms with Crippen molar-refractivity contribution in [1.29, 1.82) is 0 Å². The Morgan fingerprint density at radius 3 is 2.89 bits per heavy atom. The van der Waals surface area contributed by atoms with Crippen molar-refractivity contribution in [1.82, 2.24) is 19.8 Å². The number of furan rings is 1. The number of piperazine rings is 1. The van der Waals surface area contributed by atoms with Crippen molar-refractivity contribution >= 4 is 16.9 Å². The molecule has 142 valence electrons. The number of ether oxygens (including phenoxy) is 1. The number of carbonyl (C=O) groups is 1. The number of nitrogens with one attached hydrogen (secondary N) is 1. The van der Waals surface area contributed by atoms with Crippen molar-refractivity contribution in [3.05, 3.63) is 53.7 Å². The summed E-state index contributed by atoms with van der Waals surface area (Å²) in [5.41, 5.74) is 3.09. The summed E-state index contributed by atoms with van der Waals surface area (Å²) in [5, 5.41) is 0. The van der Waals surface area contributed by atoms with Crippen LogP contribution in [0.2, 0.25) is 0 Å². The van der Waals surface area contributed by atoms with Gasteiger partial charge in [0, 0.05) is 26.2 Å². The maximum Gasteiger partial charge on any atom is 0.248 e. The number of rotatable bonds is 6. The van der Waals surface area contributed by atoms with Gasteiger partial charge in [0.1, 0.15) is 24.8 Å². The van der Waals surface area contributed by atoms with Gasteiger partial charge in [0.25, 0.3) is 0 Å². The summed E-state index contributed by atoms with van der Waals surface area (Å²) < 4.78 is 11.0. The standard InChI is InChI=1S/C20H24N4O3/c1-15-4-5-17-18(11-15)22-19(21-17)13-26-14-20(25)24-8-6-23(7-9-24)12-16-3-2-10-27-16/h2-5,10-11H,6-9,12-14H2,1H3,(H,21,22). The molecule has 0 radical (unpaired) electrons. The van der Waals surface area contributed by atoms with E-state index < -0.39 is 0 Å². The number of fused-ring (bicyclic) bond motifs is 1. The minimum Gasteiger partial charge on any atom is -0.468 e. The second-order valence-electron chi connectivity index (χ2n) is 6.93. The van der Waals surface area contributed by atoms with E-state index in [0.717, 1.165) is 42.3 Å². The SMILES string of the molecule is Cc1ccc2nc(COCC(=O)N3CCN(Cc4ccco4)CC3)[nH]c2c1. The van der Waals surface area contributed by atoms with Gasteiger partial charge in [0.2, 0.25) is 5.91 Å². The van der Waals surface area contributed by atoms with Crippen molar-refractivity contribution in [2.24, 2.45) is 0 Å². The van der Waals surface area contributed by atoms with E-state index in [4.69, 9.17) is 9.15 Å². The summed E-state index contributed by atoms with van der Waals surface area (Å²) >= 11 is 0. The predicted octanol–water partition coefficient (Wildman–Crippen LogP) is 2.33. The van der Waals surface area contributed by atoms with Gasteiger partial charge in [0.05, 0.1) is 23.8 Å². The van der Waals surface area contributed by atoms with Crippen molar-refractivity contribution in [2.45, 2.75) is 20.1 Å². The molecule has 0 atom stereocenters. The molecule has 3 heterocycles. The molecule has 1 fully saturated rings. The van der Waals surface area contributed by atoms with Gasteiger partial charge in [-0.15, -0.1) is 0 Å². The molecule has 1 aliphatic rings. The van der Waals surface area contributed by atoms with E-state index >= 15 is 0 Å². The van der Waals surface area contributed by atoms with Gasteiger partial charge in [-0.3, -0.25) is 9.69 Å². The maximum atomic E-state index is 12.4. The van der Waals surface area contributed by atoms with Gasteiger partial charge in [-0.05, 0) is 36.8 Å². The summed E-state index contributed by atoms with van der Waals surface area (Å²) in [6.45, 7) is 6.33. The number of benzene rings is 1. The molecule has 3 aromatic rings. The van der Waals surface area contributed by atoms with Crippen LogP contribution in [0.15, 0.2) is 41.0 Å². The molecular weight excluding hydrogens is 344 g/mol. The highest BCUT2D eigenvalue weighted by Crippen LogP contribution is 2.14. The molecule has 27 heavy (non-hydrogen) atoms. The molecular formula is C20H24N4O3. The first-order valence-electron chi connectivity index (χ1n) is 9.23. The van der Waals surface area contributed by atoms with Crippen LogP contribution in [-0.4, -0.2) is 58.5 Å². The van der Waals surface area contributed by atoms with Crippen LogP contribution in [0.25, 0.3) is 11.0 Å². The molecule has 0 bridgehead atoms. The summed E-state index contributed by atoms with van der Waals surface area (Å²) in [4.78, 5) is 24.2. The topological polar surface area (TPSA) is 74.6 Å². The smallest absolute Gasteiger partial charge is 0.248 e. The van der Waals surface area contributed by atoms with Crippen molar-refractivity contribution in [2.75, 3.05) is 32.8 Å². The fourth-order valence-corrected chi connectivity index (χ4v) is 3.35. The van der Waals surface area contributed by atoms with E-state index in [1.165, 1.54) is 5.56 Å². The van der Waals surface area contributed by atoms with Gasteiger partial charge in [-0.25, -0.2) is 4.98 Å². The first-order valence-corrected chi connectivity index (χ1v) is 9.23. The monoisotopic (exact) mass is 368 g/mol. The van der Waals surface area contributed by atoms with Crippen LogP contribution in [0.1, 0.15) is 17.1 Å². The molecule has 7 heteroatoms. The molecule has 0 saturated carbocycles. The molecule has 1 N–H and O–H groups in total. The van der Waals surface area contributed by atoms with Crippen molar-refractivity contribution < 1.29 is 13.9 Å². The molecule has 1 aromatic carbocycles. The third-order valence-electron chi connectivity index (χ3n) is 4.84. The summed E-state index contributed by atoms with van der Waals surface area (Å²) in [5.74, 6) is 1.73. The number of imidazole rings is 1. The Balaban J connectivity index is 1.21. The largest absolute Gasteiger partial charge is 0.468 e. The minimum absolute atomic E-state index is 0.0274. The van der Waals surface area contributed by atoms with E-state index in [0.29, 0.717) is 19.7 Å². The Morgan fingerprint density at radius 1 is 1.26 bits per heavy atom. The number of H-pyrrole nitrogens is 1. The van der Waals surface area contributed by atoms with Gasteiger partial charge in [-0.1, -0.05) is 6.07 Å². The number of hydrogen-bond donors (Lipinski definition) is 1. The third kappa shape index (κ3) is 4.37. The summed E-state index contributed by atoms with van der Waals surface area (Å²) in [6.07, 6.45) is 1.69. The molecule has 1 amide bonds. The van der Waals surface area contributed by atoms with Crippen molar-refractivity contribution in [3.8, 4) is 0 Å². The predicted molar refractivity (Wildman–Crippen MR) is 101 cm³/mol. The second kappa shape index (κ2) is 7.94. The fraction of sp³-hybridized carbons (Fsp3) is 0.400. The number of aryl methyl sites for hydroxylation is 1. The quantitative estimate of drug-likeness (QED) is 0.723. The molecule has 7 nitrogen and oxygen atoms in total. The highest BCUT2D eigenvalue weighted by atomic mass is 16.5. The van der Waals surface area contributed by atoms with Gasteiger partial charge < -0.3 is 19.0 Å². The molecule has 0 unspecified atom stereocenters. The Bertz CT molecular complexity index is 895. The third-order valence-corrected chi connectivity index (χ3v) is 4.84. The van der Waals surface area contributed by atoms with Gasteiger partial charge >= 0.3 is 0 Å². The zero-order valence-electron chi connectivity index (χ0n) is 15.5. The molecule has 0 aliphatic carbocycles. The normalized spacial score (nSPS) is 15.5. The molecule has 1 aliphatic heterocycles. The van der Waals surface area contributed by atoms with Crippen LogP contribution in [0.5, 0.6) is 0 Å². The number of nitrogens with zero attached hydrogens (tertiary/aromatic N) is 3. The van der Waals surface area contributed by atoms with E-state index in [9.17, 15) is 4.79 Å². The zero-order valence-corrected chi connectivity index (χ0v) is 15.5. The lowest BCUT2D eigenvalue weighted by Gasteiger charge is -2.34. The maximum absolute atomic E-state index is 12.4. The number of aromatic amines is 1. The van der Waals surface area contributed by atoms with Crippen LogP contribution in [-0.2, 0) is 22.7 Å². The first-order chi connectivity index (χ1) is 13.2.